The Hall–Kier alpha value is -0.343. The van der Waals surface area contributed by atoms with E-state index in [-0.39, 0.29) is 14.6 Å². The third-order valence-corrected chi connectivity index (χ3v) is 11.4. The second-order valence-electron chi connectivity index (χ2n) is 9.06. The zero-order chi connectivity index (χ0) is 18.5. The molecule has 1 aliphatic heterocycles. The van der Waals surface area contributed by atoms with Crippen LogP contribution in [0.5, 0.6) is 0 Å². The molecule has 1 saturated carbocycles. The third-order valence-electron chi connectivity index (χ3n) is 7.32. The SMILES string of the molecule is CCC[SiH]1CCC([C@H]2CC[C@H](CCc3ccc(C)c(F)c3Cl)CC2)CC1. The molecule has 0 bridgehead atoms. The number of hydrogen-bond donors (Lipinski definition) is 0. The van der Waals surface area contributed by atoms with Gasteiger partial charge in [-0.3, -0.25) is 0 Å². The van der Waals surface area contributed by atoms with Crippen molar-refractivity contribution in [2.24, 2.45) is 17.8 Å². The maximum atomic E-state index is 14.0. The molecule has 0 aromatic heterocycles. The number of benzene rings is 1. The molecule has 146 valence electrons. The van der Waals surface area contributed by atoms with Crippen LogP contribution < -0.4 is 0 Å². The maximum Gasteiger partial charge on any atom is 0.144 e. The molecule has 2 aliphatic rings. The summed E-state index contributed by atoms with van der Waals surface area (Å²) in [5.74, 6) is 2.63. The van der Waals surface area contributed by atoms with Gasteiger partial charge in [0.15, 0.2) is 0 Å². The molecule has 1 heterocycles. The number of aryl methyl sites for hydroxylation is 2. The van der Waals surface area contributed by atoms with Gasteiger partial charge >= 0.3 is 0 Å². The lowest BCUT2D eigenvalue weighted by Gasteiger charge is -2.37. The Balaban J connectivity index is 1.41. The summed E-state index contributed by atoms with van der Waals surface area (Å²) in [7, 11) is -0.333. The summed E-state index contributed by atoms with van der Waals surface area (Å²) in [6.45, 7) is 4.14. The first-order chi connectivity index (χ1) is 12.6. The first-order valence-electron chi connectivity index (χ1n) is 11.0. The van der Waals surface area contributed by atoms with Crippen molar-refractivity contribution in [1.29, 1.82) is 0 Å². The lowest BCUT2D eigenvalue weighted by Crippen LogP contribution is -2.28. The van der Waals surface area contributed by atoms with Crippen molar-refractivity contribution < 1.29 is 4.39 Å². The zero-order valence-corrected chi connectivity index (χ0v) is 18.6. The fraction of sp³-hybridized carbons (Fsp3) is 0.739. The minimum absolute atomic E-state index is 0.227. The van der Waals surface area contributed by atoms with Gasteiger partial charge in [0.05, 0.1) is 5.02 Å². The van der Waals surface area contributed by atoms with E-state index in [0.29, 0.717) is 10.6 Å². The minimum atomic E-state index is -0.333. The zero-order valence-electron chi connectivity index (χ0n) is 16.7. The van der Waals surface area contributed by atoms with Gasteiger partial charge in [-0.1, -0.05) is 80.9 Å². The van der Waals surface area contributed by atoms with Gasteiger partial charge in [0.25, 0.3) is 0 Å². The van der Waals surface area contributed by atoms with Crippen LogP contribution in [0.4, 0.5) is 4.39 Å². The van der Waals surface area contributed by atoms with Crippen molar-refractivity contribution in [2.75, 3.05) is 0 Å². The molecule has 1 aromatic rings. The number of halogens is 2. The Bertz CT molecular complexity index is 572. The predicted octanol–water partition coefficient (Wildman–Crippen LogP) is 7.57. The van der Waals surface area contributed by atoms with E-state index in [1.54, 1.807) is 37.9 Å². The summed E-state index contributed by atoms with van der Waals surface area (Å²) in [6.07, 6.45) is 12.2. The topological polar surface area (TPSA) is 0 Å². The van der Waals surface area contributed by atoms with Crippen LogP contribution in [0.25, 0.3) is 0 Å². The van der Waals surface area contributed by atoms with Gasteiger partial charge in [-0.2, -0.15) is 0 Å². The summed E-state index contributed by atoms with van der Waals surface area (Å²) < 4.78 is 14.0. The van der Waals surface area contributed by atoms with E-state index in [4.69, 9.17) is 11.6 Å². The van der Waals surface area contributed by atoms with E-state index in [2.05, 4.69) is 6.92 Å². The number of rotatable bonds is 6. The summed E-state index contributed by atoms with van der Waals surface area (Å²) in [4.78, 5) is 0. The average Bonchev–Trinajstić information content (AvgIpc) is 2.67. The number of hydrogen-bond acceptors (Lipinski definition) is 0. The monoisotopic (exact) mass is 394 g/mol. The molecule has 0 unspecified atom stereocenters. The summed E-state index contributed by atoms with van der Waals surface area (Å²) in [5.41, 5.74) is 1.65. The van der Waals surface area contributed by atoms with Crippen LogP contribution in [0.2, 0.25) is 23.2 Å². The quantitative estimate of drug-likeness (QED) is 0.436. The average molecular weight is 395 g/mol. The molecule has 0 radical (unpaired) electrons. The second-order valence-corrected chi connectivity index (χ2v) is 12.9. The molecule has 0 spiro atoms. The molecule has 3 heteroatoms. The minimum Gasteiger partial charge on any atom is -0.205 e. The predicted molar refractivity (Wildman–Crippen MR) is 115 cm³/mol. The Morgan fingerprint density at radius 1 is 1.04 bits per heavy atom. The smallest absolute Gasteiger partial charge is 0.144 e. The van der Waals surface area contributed by atoms with Crippen molar-refractivity contribution in [3.05, 3.63) is 34.1 Å². The third kappa shape index (κ3) is 5.13. The van der Waals surface area contributed by atoms with E-state index in [1.807, 2.05) is 12.1 Å². The fourth-order valence-corrected chi connectivity index (χ4v) is 9.33. The van der Waals surface area contributed by atoms with Crippen molar-refractivity contribution >= 4 is 20.4 Å². The van der Waals surface area contributed by atoms with Gasteiger partial charge in [-0.05, 0) is 61.5 Å². The Morgan fingerprint density at radius 2 is 1.69 bits per heavy atom. The molecule has 0 N–H and O–H groups in total. The molecular formula is C23H36ClFSi. The molecule has 3 rings (SSSR count). The summed E-state index contributed by atoms with van der Waals surface area (Å²) in [6, 6.07) is 8.71. The van der Waals surface area contributed by atoms with E-state index < -0.39 is 0 Å². The standard InChI is InChI=1S/C23H36ClFSi/c1-3-14-26-15-12-20(13-16-26)19-9-5-18(6-10-19)7-11-21-8-4-17(2)23(25)22(21)24/h4,8,18-20,26H,3,5-7,9-16H2,1-2H3/t18-,19-,20?,26?. The highest BCUT2D eigenvalue weighted by Gasteiger charge is 2.30. The van der Waals surface area contributed by atoms with E-state index in [1.165, 1.54) is 38.5 Å². The van der Waals surface area contributed by atoms with Crippen molar-refractivity contribution in [2.45, 2.75) is 89.8 Å². The van der Waals surface area contributed by atoms with E-state index in [0.717, 1.165) is 29.7 Å². The van der Waals surface area contributed by atoms with Crippen molar-refractivity contribution in [1.82, 2.24) is 0 Å². The first-order valence-corrected chi connectivity index (χ1v) is 13.8. The van der Waals surface area contributed by atoms with Crippen LogP contribution in [-0.4, -0.2) is 8.80 Å². The molecule has 1 aliphatic carbocycles. The highest BCUT2D eigenvalue weighted by Crippen LogP contribution is 2.42. The van der Waals surface area contributed by atoms with Crippen LogP contribution in [0.15, 0.2) is 12.1 Å². The first kappa shape index (κ1) is 20.4. The maximum absolute atomic E-state index is 14.0. The lowest BCUT2D eigenvalue weighted by molar-refractivity contribution is 0.186. The molecule has 1 aromatic carbocycles. The Labute approximate surface area is 166 Å². The normalized spacial score (nSPS) is 29.7. The largest absolute Gasteiger partial charge is 0.205 e. The highest BCUT2D eigenvalue weighted by atomic mass is 35.5. The molecule has 0 nitrogen and oxygen atoms in total. The van der Waals surface area contributed by atoms with Crippen molar-refractivity contribution in [3.8, 4) is 0 Å². The highest BCUT2D eigenvalue weighted by molar-refractivity contribution is 6.58. The summed E-state index contributed by atoms with van der Waals surface area (Å²) in [5, 5.41) is 0.353. The van der Waals surface area contributed by atoms with Crippen LogP contribution >= 0.6 is 11.6 Å². The van der Waals surface area contributed by atoms with Crippen LogP contribution in [0.3, 0.4) is 0 Å². The van der Waals surface area contributed by atoms with E-state index in [9.17, 15) is 4.39 Å². The lowest BCUT2D eigenvalue weighted by atomic mass is 9.73. The molecule has 0 amide bonds. The molecule has 0 atom stereocenters. The molecule has 1 saturated heterocycles. The van der Waals surface area contributed by atoms with Gasteiger partial charge in [0.1, 0.15) is 5.82 Å². The van der Waals surface area contributed by atoms with Gasteiger partial charge in [-0.15, -0.1) is 0 Å². The van der Waals surface area contributed by atoms with Crippen molar-refractivity contribution in [3.63, 3.8) is 0 Å². The van der Waals surface area contributed by atoms with Gasteiger partial charge in [0.2, 0.25) is 0 Å². The van der Waals surface area contributed by atoms with Gasteiger partial charge in [0, 0.05) is 8.80 Å². The molecule has 26 heavy (non-hydrogen) atoms. The fourth-order valence-electron chi connectivity index (χ4n) is 5.54. The Kier molecular flexibility index (Phi) is 7.63. The van der Waals surface area contributed by atoms with Crippen LogP contribution in [0, 0.1) is 30.5 Å². The van der Waals surface area contributed by atoms with E-state index >= 15 is 0 Å². The van der Waals surface area contributed by atoms with Crippen LogP contribution in [0.1, 0.15) is 69.4 Å². The van der Waals surface area contributed by atoms with Gasteiger partial charge < -0.3 is 0 Å². The molecular weight excluding hydrogens is 359 g/mol. The molecule has 2 fully saturated rings. The summed E-state index contributed by atoms with van der Waals surface area (Å²) >= 11 is 6.20. The Morgan fingerprint density at radius 3 is 2.35 bits per heavy atom. The van der Waals surface area contributed by atoms with Crippen LogP contribution in [-0.2, 0) is 6.42 Å². The second kappa shape index (κ2) is 9.73. The van der Waals surface area contributed by atoms with Gasteiger partial charge in [-0.25, -0.2) is 4.39 Å².